The molecule has 0 bridgehead atoms. The third-order valence-electron chi connectivity index (χ3n) is 4.35. The zero-order chi connectivity index (χ0) is 14.1. The van der Waals surface area contributed by atoms with Crippen LogP contribution in [0.15, 0.2) is 42.5 Å². The molecule has 0 aromatic heterocycles. The van der Waals surface area contributed by atoms with Gasteiger partial charge in [-0.3, -0.25) is 0 Å². The van der Waals surface area contributed by atoms with E-state index < -0.39 is 0 Å². The minimum atomic E-state index is 0.285. The van der Waals surface area contributed by atoms with Crippen molar-refractivity contribution >= 4 is 5.78 Å². The highest BCUT2D eigenvalue weighted by Gasteiger charge is 2.22. The summed E-state index contributed by atoms with van der Waals surface area (Å²) in [7, 11) is 0. The van der Waals surface area contributed by atoms with Gasteiger partial charge in [0, 0.05) is 6.42 Å². The van der Waals surface area contributed by atoms with Crippen LogP contribution in [0.25, 0.3) is 11.1 Å². The molecular weight excluding hydrogens is 244 g/mol. The first-order valence-electron chi connectivity index (χ1n) is 7.36. The summed E-state index contributed by atoms with van der Waals surface area (Å²) in [6, 6.07) is 15.3. The standard InChI is InChI=1S/C19H20O/c1-13(10-11-14(2)20)16-8-5-9-18-17-7-4-3-6-15(17)12-19(16)18/h3-9,13H,10-12H2,1-2H3. The molecule has 1 aliphatic rings. The number of benzene rings is 2. The maximum Gasteiger partial charge on any atom is 0.129 e. The molecule has 20 heavy (non-hydrogen) atoms. The van der Waals surface area contributed by atoms with E-state index in [2.05, 4.69) is 49.4 Å². The SMILES string of the molecule is CC(=O)CCC(C)c1cccc2c1Cc1ccccc1-2. The molecule has 1 aliphatic carbocycles. The molecular formula is C19H20O. The Balaban J connectivity index is 1.95. The number of carbonyl (C=O) groups excluding carboxylic acids is 1. The van der Waals surface area contributed by atoms with Crippen molar-refractivity contribution in [2.75, 3.05) is 0 Å². The summed E-state index contributed by atoms with van der Waals surface area (Å²) in [6.45, 7) is 3.92. The van der Waals surface area contributed by atoms with Gasteiger partial charge < -0.3 is 4.79 Å². The van der Waals surface area contributed by atoms with Crippen LogP contribution < -0.4 is 0 Å². The van der Waals surface area contributed by atoms with Crippen molar-refractivity contribution in [2.24, 2.45) is 0 Å². The second-order valence-corrected chi connectivity index (χ2v) is 5.85. The average molecular weight is 264 g/mol. The molecule has 0 saturated heterocycles. The van der Waals surface area contributed by atoms with Crippen LogP contribution >= 0.6 is 0 Å². The summed E-state index contributed by atoms with van der Waals surface area (Å²) in [4.78, 5) is 11.2. The normalized spacial score (nSPS) is 13.7. The topological polar surface area (TPSA) is 17.1 Å². The molecule has 0 fully saturated rings. The molecule has 1 unspecified atom stereocenters. The number of ketones is 1. The molecule has 1 heteroatoms. The molecule has 1 nitrogen and oxygen atoms in total. The predicted molar refractivity (Wildman–Crippen MR) is 83.0 cm³/mol. The van der Waals surface area contributed by atoms with Gasteiger partial charge in [-0.2, -0.15) is 0 Å². The lowest BCUT2D eigenvalue weighted by atomic mass is 9.89. The Kier molecular flexibility index (Phi) is 3.43. The van der Waals surface area contributed by atoms with Crippen LogP contribution in [-0.2, 0) is 11.2 Å². The number of Topliss-reactive ketones (excluding diaryl/α,β-unsaturated/α-hetero) is 1. The van der Waals surface area contributed by atoms with Crippen LogP contribution in [-0.4, -0.2) is 5.78 Å². The summed E-state index contributed by atoms with van der Waals surface area (Å²) < 4.78 is 0. The lowest BCUT2D eigenvalue weighted by Gasteiger charge is -2.15. The van der Waals surface area contributed by atoms with E-state index in [0.29, 0.717) is 12.3 Å². The van der Waals surface area contributed by atoms with Crippen LogP contribution in [0.2, 0.25) is 0 Å². The van der Waals surface area contributed by atoms with E-state index in [-0.39, 0.29) is 5.78 Å². The Morgan fingerprint density at radius 1 is 1.10 bits per heavy atom. The molecule has 2 aromatic rings. The number of rotatable bonds is 4. The maximum absolute atomic E-state index is 11.2. The smallest absolute Gasteiger partial charge is 0.129 e. The van der Waals surface area contributed by atoms with Gasteiger partial charge in [-0.15, -0.1) is 0 Å². The zero-order valence-electron chi connectivity index (χ0n) is 12.1. The van der Waals surface area contributed by atoms with Gasteiger partial charge >= 0.3 is 0 Å². The Labute approximate surface area is 120 Å². The highest BCUT2D eigenvalue weighted by Crippen LogP contribution is 2.40. The fourth-order valence-electron chi connectivity index (χ4n) is 3.22. The van der Waals surface area contributed by atoms with E-state index in [4.69, 9.17) is 0 Å². The van der Waals surface area contributed by atoms with Gasteiger partial charge in [0.05, 0.1) is 0 Å². The molecule has 0 spiro atoms. The molecule has 102 valence electrons. The summed E-state index contributed by atoms with van der Waals surface area (Å²) in [5.41, 5.74) is 7.06. The monoisotopic (exact) mass is 264 g/mol. The Morgan fingerprint density at radius 2 is 1.85 bits per heavy atom. The molecule has 0 radical (unpaired) electrons. The van der Waals surface area contributed by atoms with Gasteiger partial charge in [0.1, 0.15) is 5.78 Å². The van der Waals surface area contributed by atoms with Crippen LogP contribution in [0.5, 0.6) is 0 Å². The largest absolute Gasteiger partial charge is 0.300 e. The Hall–Kier alpha value is -1.89. The van der Waals surface area contributed by atoms with Crippen molar-refractivity contribution in [3.63, 3.8) is 0 Å². The molecule has 0 saturated carbocycles. The first-order valence-corrected chi connectivity index (χ1v) is 7.36. The van der Waals surface area contributed by atoms with E-state index in [9.17, 15) is 4.79 Å². The highest BCUT2D eigenvalue weighted by molar-refractivity contribution is 5.78. The Bertz CT molecular complexity index is 655. The van der Waals surface area contributed by atoms with Gasteiger partial charge in [-0.05, 0) is 53.5 Å². The van der Waals surface area contributed by atoms with Crippen LogP contribution in [0.4, 0.5) is 0 Å². The second-order valence-electron chi connectivity index (χ2n) is 5.85. The Morgan fingerprint density at radius 3 is 2.65 bits per heavy atom. The summed E-state index contributed by atoms with van der Waals surface area (Å²) in [6.07, 6.45) is 2.66. The third-order valence-corrected chi connectivity index (χ3v) is 4.35. The van der Waals surface area contributed by atoms with Crippen LogP contribution in [0.3, 0.4) is 0 Å². The average Bonchev–Trinajstić information content (AvgIpc) is 2.83. The van der Waals surface area contributed by atoms with Crippen molar-refractivity contribution in [3.05, 3.63) is 59.2 Å². The third kappa shape index (κ3) is 2.29. The first kappa shape index (κ1) is 13.1. The van der Waals surface area contributed by atoms with Gasteiger partial charge in [0.25, 0.3) is 0 Å². The second kappa shape index (κ2) is 5.24. The molecule has 0 heterocycles. The van der Waals surface area contributed by atoms with E-state index in [1.54, 1.807) is 6.92 Å². The van der Waals surface area contributed by atoms with Crippen molar-refractivity contribution in [3.8, 4) is 11.1 Å². The number of fused-ring (bicyclic) bond motifs is 3. The van der Waals surface area contributed by atoms with Crippen LogP contribution in [0, 0.1) is 0 Å². The van der Waals surface area contributed by atoms with E-state index in [1.165, 1.54) is 27.8 Å². The zero-order valence-corrected chi connectivity index (χ0v) is 12.1. The van der Waals surface area contributed by atoms with Gasteiger partial charge in [-0.1, -0.05) is 49.4 Å². The fourth-order valence-corrected chi connectivity index (χ4v) is 3.22. The summed E-state index contributed by atoms with van der Waals surface area (Å²) in [5, 5.41) is 0. The quantitative estimate of drug-likeness (QED) is 0.665. The fraction of sp³-hybridized carbons (Fsp3) is 0.316. The minimum absolute atomic E-state index is 0.285. The number of hydrogen-bond acceptors (Lipinski definition) is 1. The van der Waals surface area contributed by atoms with Crippen molar-refractivity contribution in [1.29, 1.82) is 0 Å². The van der Waals surface area contributed by atoms with E-state index >= 15 is 0 Å². The van der Waals surface area contributed by atoms with E-state index in [1.807, 2.05) is 0 Å². The molecule has 2 aromatic carbocycles. The van der Waals surface area contributed by atoms with Crippen LogP contribution in [0.1, 0.15) is 49.3 Å². The molecule has 0 aliphatic heterocycles. The van der Waals surface area contributed by atoms with E-state index in [0.717, 1.165) is 12.8 Å². The number of hydrogen-bond donors (Lipinski definition) is 0. The lowest BCUT2D eigenvalue weighted by molar-refractivity contribution is -0.117. The van der Waals surface area contributed by atoms with Gasteiger partial charge in [0.2, 0.25) is 0 Å². The first-order chi connectivity index (χ1) is 9.66. The minimum Gasteiger partial charge on any atom is -0.300 e. The van der Waals surface area contributed by atoms with Crippen molar-refractivity contribution in [1.82, 2.24) is 0 Å². The molecule has 3 rings (SSSR count). The van der Waals surface area contributed by atoms with Gasteiger partial charge in [-0.25, -0.2) is 0 Å². The molecule has 0 amide bonds. The highest BCUT2D eigenvalue weighted by atomic mass is 16.1. The predicted octanol–water partition coefficient (Wildman–Crippen LogP) is 4.73. The maximum atomic E-state index is 11.2. The van der Waals surface area contributed by atoms with Gasteiger partial charge in [0.15, 0.2) is 0 Å². The summed E-state index contributed by atoms with van der Waals surface area (Å²) in [5.74, 6) is 0.732. The lowest BCUT2D eigenvalue weighted by Crippen LogP contribution is -2.01. The van der Waals surface area contributed by atoms with Crippen molar-refractivity contribution < 1.29 is 4.79 Å². The summed E-state index contributed by atoms with van der Waals surface area (Å²) >= 11 is 0. The molecule has 1 atom stereocenters. The molecule has 0 N–H and O–H groups in total. The number of carbonyl (C=O) groups is 1. The van der Waals surface area contributed by atoms with Crippen molar-refractivity contribution in [2.45, 2.75) is 39.0 Å².